The lowest BCUT2D eigenvalue weighted by atomic mass is 9.94. The highest BCUT2D eigenvalue weighted by Gasteiger charge is 2.69. The molecule has 37 heavy (non-hydrogen) atoms. The highest BCUT2D eigenvalue weighted by molar-refractivity contribution is 6.36. The first-order valence-corrected chi connectivity index (χ1v) is 13.1. The van der Waals surface area contributed by atoms with E-state index >= 15 is 0 Å². The number of rotatable bonds is 9. The number of likely N-dealkylation sites (tertiary alicyclic amines) is 1. The lowest BCUT2D eigenvalue weighted by Gasteiger charge is -2.35. The maximum absolute atomic E-state index is 13.9. The number of alkyl carbamates (subject to hydrolysis) is 1. The predicted octanol–water partition coefficient (Wildman–Crippen LogP) is 2.36. The molecule has 2 saturated carbocycles. The number of hydrogen-bond acceptors (Lipinski definition) is 7. The number of fused-ring (bicyclic) bond motifs is 1. The van der Waals surface area contributed by atoms with Crippen molar-refractivity contribution in [3.05, 3.63) is 12.7 Å². The van der Waals surface area contributed by atoms with Gasteiger partial charge in [0.25, 0.3) is 5.78 Å². The van der Waals surface area contributed by atoms with Crippen LogP contribution in [0.25, 0.3) is 0 Å². The molecule has 3 amide bonds. The maximum atomic E-state index is 13.9. The number of nitrogens with zero attached hydrogens (tertiary/aromatic N) is 1. The molecule has 10 nitrogen and oxygen atoms in total. The predicted molar refractivity (Wildman–Crippen MR) is 135 cm³/mol. The minimum atomic E-state index is -1.14. The van der Waals surface area contributed by atoms with Crippen molar-refractivity contribution in [2.24, 2.45) is 23.2 Å². The van der Waals surface area contributed by atoms with E-state index in [1.165, 1.54) is 6.08 Å². The third-order valence-corrected chi connectivity index (χ3v) is 7.99. The normalized spacial score (nSPS) is 25.9. The summed E-state index contributed by atoms with van der Waals surface area (Å²) in [4.78, 5) is 66.1. The van der Waals surface area contributed by atoms with Crippen LogP contribution in [-0.2, 0) is 28.7 Å². The monoisotopic (exact) mass is 519 g/mol. The number of hydrogen-bond donors (Lipinski definition) is 2. The van der Waals surface area contributed by atoms with Crippen molar-refractivity contribution >= 4 is 29.7 Å². The highest BCUT2D eigenvalue weighted by Crippen LogP contribution is 2.65. The minimum absolute atomic E-state index is 0.0444. The van der Waals surface area contributed by atoms with Crippen LogP contribution in [0.5, 0.6) is 0 Å². The summed E-state index contributed by atoms with van der Waals surface area (Å²) in [5.74, 6) is -2.79. The summed E-state index contributed by atoms with van der Waals surface area (Å²) in [6, 6.07) is -2.77. The second-order valence-electron chi connectivity index (χ2n) is 12.0. The Bertz CT molecular complexity index is 948. The number of piperidine rings is 1. The summed E-state index contributed by atoms with van der Waals surface area (Å²) >= 11 is 0. The number of methoxy groups -OCH3 is 1. The van der Waals surface area contributed by atoms with Gasteiger partial charge in [0.2, 0.25) is 11.8 Å². The molecule has 5 atom stereocenters. The zero-order valence-corrected chi connectivity index (χ0v) is 22.8. The maximum Gasteiger partial charge on any atom is 0.408 e. The first-order valence-electron chi connectivity index (χ1n) is 13.1. The van der Waals surface area contributed by atoms with Gasteiger partial charge in [-0.25, -0.2) is 9.59 Å². The van der Waals surface area contributed by atoms with Gasteiger partial charge >= 0.3 is 12.1 Å². The van der Waals surface area contributed by atoms with Crippen molar-refractivity contribution in [3.63, 3.8) is 0 Å². The van der Waals surface area contributed by atoms with E-state index in [-0.39, 0.29) is 35.5 Å². The van der Waals surface area contributed by atoms with Gasteiger partial charge in [-0.05, 0) is 63.2 Å². The van der Waals surface area contributed by atoms with Crippen molar-refractivity contribution in [2.75, 3.05) is 13.7 Å². The third kappa shape index (κ3) is 6.15. The van der Waals surface area contributed by atoms with Crippen LogP contribution in [-0.4, -0.2) is 71.9 Å². The molecule has 1 aliphatic heterocycles. The average Bonchev–Trinajstić information content (AvgIpc) is 3.26. The topological polar surface area (TPSA) is 131 Å². The van der Waals surface area contributed by atoms with Gasteiger partial charge in [-0.2, -0.15) is 0 Å². The zero-order valence-electron chi connectivity index (χ0n) is 22.8. The smallest absolute Gasteiger partial charge is 0.408 e. The van der Waals surface area contributed by atoms with Crippen LogP contribution in [0.1, 0.15) is 66.7 Å². The number of Topliss-reactive ketones (excluding diaryl/α,β-unsaturated/α-hetero) is 1. The summed E-state index contributed by atoms with van der Waals surface area (Å²) in [5, 5.41) is 5.46. The lowest BCUT2D eigenvalue weighted by molar-refractivity contribution is -0.153. The first kappa shape index (κ1) is 28.7. The average molecular weight is 520 g/mol. The van der Waals surface area contributed by atoms with E-state index < -0.39 is 47.5 Å². The molecule has 3 aliphatic rings. The molecule has 206 valence electrons. The minimum Gasteiger partial charge on any atom is -0.463 e. The molecule has 0 aromatic rings. The fourth-order valence-electron chi connectivity index (χ4n) is 6.00. The van der Waals surface area contributed by atoms with Gasteiger partial charge in [-0.3, -0.25) is 14.4 Å². The van der Waals surface area contributed by atoms with Gasteiger partial charge in [-0.1, -0.05) is 32.8 Å². The van der Waals surface area contributed by atoms with E-state index in [4.69, 9.17) is 4.74 Å². The molecule has 5 unspecified atom stereocenters. The summed E-state index contributed by atoms with van der Waals surface area (Å²) in [5.41, 5.74) is -0.873. The van der Waals surface area contributed by atoms with Crippen LogP contribution in [0.3, 0.4) is 0 Å². The molecule has 0 aromatic heterocycles. The van der Waals surface area contributed by atoms with Crippen LogP contribution < -0.4 is 10.6 Å². The van der Waals surface area contributed by atoms with E-state index in [1.807, 2.05) is 0 Å². The van der Waals surface area contributed by atoms with E-state index in [9.17, 15) is 24.0 Å². The van der Waals surface area contributed by atoms with E-state index in [0.717, 1.165) is 32.8 Å². The Balaban J connectivity index is 1.84. The molecule has 1 heterocycles. The van der Waals surface area contributed by atoms with Crippen molar-refractivity contribution in [2.45, 2.75) is 90.4 Å². The number of esters is 1. The molecule has 2 N–H and O–H groups in total. The molecule has 3 rings (SSSR count). The number of nitrogens with one attached hydrogen (secondary N) is 2. The number of carbonyl (C=O) groups excluding carboxylic acids is 5. The van der Waals surface area contributed by atoms with Gasteiger partial charge in [0.1, 0.15) is 23.7 Å². The largest absolute Gasteiger partial charge is 0.463 e. The van der Waals surface area contributed by atoms with Crippen molar-refractivity contribution < 1.29 is 33.4 Å². The van der Waals surface area contributed by atoms with Gasteiger partial charge in [0.05, 0.1) is 7.11 Å². The van der Waals surface area contributed by atoms with E-state index in [2.05, 4.69) is 35.8 Å². The Morgan fingerprint density at radius 2 is 1.73 bits per heavy atom. The lowest BCUT2D eigenvalue weighted by Crippen LogP contribution is -2.59. The molecule has 0 radical (unpaired) electrons. The molecule has 1 saturated heterocycles. The van der Waals surface area contributed by atoms with Crippen molar-refractivity contribution in [3.8, 4) is 0 Å². The molecule has 2 aliphatic carbocycles. The standard InChI is InChI=1S/C27H41N3O7/c1-8-11-17(21(31)24(34)36-7)28-22(32)20-18-16(27(18,5)6)14-30(20)23(33)19(15-12-9-10-13-15)29-25(35)37-26(2,3)4/h8,15-20H,1,9-14H2,2-7H3,(H,28,32)(H,29,35). The molecular weight excluding hydrogens is 478 g/mol. The SMILES string of the molecule is C=CCC(NC(=O)C1C2C(CN1C(=O)C(NC(=O)OC(C)(C)C)C1CCCC1)C2(C)C)C(=O)C(=O)OC. The van der Waals surface area contributed by atoms with Crippen molar-refractivity contribution in [1.82, 2.24) is 15.5 Å². The molecule has 0 bridgehead atoms. The molecule has 0 spiro atoms. The number of ether oxygens (including phenoxy) is 2. The zero-order chi connectivity index (χ0) is 27.7. The van der Waals surface area contributed by atoms with Crippen LogP contribution in [0.4, 0.5) is 4.79 Å². The van der Waals surface area contributed by atoms with Gasteiger partial charge in [0.15, 0.2) is 0 Å². The van der Waals surface area contributed by atoms with Gasteiger partial charge in [-0.15, -0.1) is 6.58 Å². The number of ketones is 1. The summed E-state index contributed by atoms with van der Waals surface area (Å²) in [6.45, 7) is 13.4. The molecule has 3 fully saturated rings. The van der Waals surface area contributed by atoms with Gasteiger partial charge in [0, 0.05) is 6.54 Å². The fraction of sp³-hybridized carbons (Fsp3) is 0.741. The van der Waals surface area contributed by atoms with E-state index in [0.29, 0.717) is 6.54 Å². The first-order chi connectivity index (χ1) is 17.2. The quantitative estimate of drug-likeness (QED) is 0.272. The molecular formula is C27H41N3O7. The van der Waals surface area contributed by atoms with Crippen molar-refractivity contribution in [1.29, 1.82) is 0 Å². The second kappa shape index (κ2) is 10.8. The third-order valence-electron chi connectivity index (χ3n) is 7.99. The Morgan fingerprint density at radius 3 is 2.27 bits per heavy atom. The summed E-state index contributed by atoms with van der Waals surface area (Å²) in [7, 11) is 1.10. The summed E-state index contributed by atoms with van der Waals surface area (Å²) in [6.07, 6.45) is 4.33. The molecule has 10 heteroatoms. The van der Waals surface area contributed by atoms with Crippen LogP contribution in [0.2, 0.25) is 0 Å². The van der Waals surface area contributed by atoms with Crippen LogP contribution in [0, 0.1) is 23.2 Å². The highest BCUT2D eigenvalue weighted by atomic mass is 16.6. The van der Waals surface area contributed by atoms with Crippen LogP contribution >= 0.6 is 0 Å². The van der Waals surface area contributed by atoms with Gasteiger partial charge < -0.3 is 25.0 Å². The number of amides is 3. The Hall–Kier alpha value is -2.91. The Labute approximate surface area is 218 Å². The van der Waals surface area contributed by atoms with E-state index in [1.54, 1.807) is 25.7 Å². The fourth-order valence-corrected chi connectivity index (χ4v) is 6.00. The Kier molecular flexibility index (Phi) is 8.39. The van der Waals surface area contributed by atoms with Crippen LogP contribution in [0.15, 0.2) is 12.7 Å². The Morgan fingerprint density at radius 1 is 1.11 bits per heavy atom. The molecule has 0 aromatic carbocycles. The second-order valence-corrected chi connectivity index (χ2v) is 12.0. The summed E-state index contributed by atoms with van der Waals surface area (Å²) < 4.78 is 9.96. The number of carbonyl (C=O) groups is 5.